The van der Waals surface area contributed by atoms with Gasteiger partial charge in [0.15, 0.2) is 0 Å². The quantitative estimate of drug-likeness (QED) is 0.776. The summed E-state index contributed by atoms with van der Waals surface area (Å²) in [4.78, 5) is 6.30. The van der Waals surface area contributed by atoms with Gasteiger partial charge in [0.05, 0.1) is 10.4 Å². The van der Waals surface area contributed by atoms with Crippen LogP contribution in [0.3, 0.4) is 0 Å². The van der Waals surface area contributed by atoms with Gasteiger partial charge in [-0.3, -0.25) is 4.98 Å². The number of benzene rings is 1. The van der Waals surface area contributed by atoms with E-state index in [0.717, 1.165) is 22.2 Å². The van der Waals surface area contributed by atoms with Crippen molar-refractivity contribution in [2.75, 3.05) is 5.75 Å². The van der Waals surface area contributed by atoms with E-state index in [0.29, 0.717) is 5.75 Å². The third-order valence-corrected chi connectivity index (χ3v) is 6.65. The van der Waals surface area contributed by atoms with Crippen LogP contribution in [0.1, 0.15) is 24.6 Å². The molecule has 1 heterocycles. The van der Waals surface area contributed by atoms with Crippen LogP contribution < -0.4 is 0 Å². The standard InChI is InChI=1S/C15H16BrNOS2/c1-14(5-6-14)15(18,13-8-17-10-20-13)9-19-12-4-2-3-11(16)7-12/h2-4,7-8,10,18H,5-6,9H2,1H3. The number of hydrogen-bond donors (Lipinski definition) is 1. The molecule has 3 rings (SSSR count). The van der Waals surface area contributed by atoms with Crippen LogP contribution in [0.15, 0.2) is 45.3 Å². The van der Waals surface area contributed by atoms with Crippen molar-refractivity contribution in [3.05, 3.63) is 45.3 Å². The Morgan fingerprint density at radius 3 is 2.90 bits per heavy atom. The Kier molecular flexibility index (Phi) is 3.97. The van der Waals surface area contributed by atoms with E-state index >= 15 is 0 Å². The number of aromatic nitrogens is 1. The zero-order chi connectivity index (χ0) is 14.2. The van der Waals surface area contributed by atoms with Crippen molar-refractivity contribution in [2.45, 2.75) is 30.3 Å². The first-order valence-electron chi connectivity index (χ1n) is 6.53. The predicted molar refractivity (Wildman–Crippen MR) is 88.2 cm³/mol. The lowest BCUT2D eigenvalue weighted by Crippen LogP contribution is -2.37. The number of halogens is 1. The zero-order valence-corrected chi connectivity index (χ0v) is 14.4. The third-order valence-electron chi connectivity index (χ3n) is 4.08. The minimum absolute atomic E-state index is 0.00144. The molecule has 2 aromatic rings. The van der Waals surface area contributed by atoms with E-state index in [1.54, 1.807) is 28.6 Å². The summed E-state index contributed by atoms with van der Waals surface area (Å²) in [7, 11) is 0. The molecule has 1 N–H and O–H groups in total. The van der Waals surface area contributed by atoms with E-state index in [4.69, 9.17) is 0 Å². The van der Waals surface area contributed by atoms with Gasteiger partial charge in [-0.2, -0.15) is 0 Å². The topological polar surface area (TPSA) is 33.1 Å². The lowest BCUT2D eigenvalue weighted by molar-refractivity contribution is -0.00430. The molecule has 0 amide bonds. The van der Waals surface area contributed by atoms with Gasteiger partial charge >= 0.3 is 0 Å². The highest BCUT2D eigenvalue weighted by atomic mass is 79.9. The van der Waals surface area contributed by atoms with Crippen molar-refractivity contribution in [1.29, 1.82) is 0 Å². The summed E-state index contributed by atoms with van der Waals surface area (Å²) >= 11 is 6.75. The predicted octanol–water partition coefficient (Wildman–Crippen LogP) is 4.69. The second kappa shape index (κ2) is 5.44. The monoisotopic (exact) mass is 369 g/mol. The zero-order valence-electron chi connectivity index (χ0n) is 11.2. The Labute approximate surface area is 135 Å². The third kappa shape index (κ3) is 2.69. The molecule has 20 heavy (non-hydrogen) atoms. The molecule has 1 atom stereocenters. The van der Waals surface area contributed by atoms with Crippen molar-refractivity contribution in [1.82, 2.24) is 4.98 Å². The van der Waals surface area contributed by atoms with Crippen molar-refractivity contribution in [3.8, 4) is 0 Å². The van der Waals surface area contributed by atoms with Gasteiger partial charge in [-0.15, -0.1) is 23.1 Å². The molecule has 106 valence electrons. The summed E-state index contributed by atoms with van der Waals surface area (Å²) in [6.45, 7) is 2.17. The number of thiazole rings is 1. The van der Waals surface area contributed by atoms with E-state index in [-0.39, 0.29) is 5.41 Å². The van der Waals surface area contributed by atoms with Crippen LogP contribution in [-0.4, -0.2) is 15.8 Å². The fourth-order valence-corrected chi connectivity index (χ4v) is 5.09. The summed E-state index contributed by atoms with van der Waals surface area (Å²) in [5.74, 6) is 0.669. The van der Waals surface area contributed by atoms with Crippen LogP contribution in [0.4, 0.5) is 0 Å². The fourth-order valence-electron chi connectivity index (χ4n) is 2.31. The normalized spacial score (nSPS) is 19.6. The summed E-state index contributed by atoms with van der Waals surface area (Å²) in [6.07, 6.45) is 3.98. The van der Waals surface area contributed by atoms with Crippen LogP contribution in [0.25, 0.3) is 0 Å². The molecule has 2 nitrogen and oxygen atoms in total. The van der Waals surface area contributed by atoms with Crippen molar-refractivity contribution < 1.29 is 5.11 Å². The lowest BCUT2D eigenvalue weighted by atomic mass is 9.86. The molecule has 0 spiro atoms. The number of hydrogen-bond acceptors (Lipinski definition) is 4. The largest absolute Gasteiger partial charge is 0.383 e. The molecule has 0 aliphatic heterocycles. The Morgan fingerprint density at radius 1 is 1.50 bits per heavy atom. The number of aliphatic hydroxyl groups is 1. The molecule has 1 aliphatic carbocycles. The first-order chi connectivity index (χ1) is 9.53. The molecule has 1 aromatic carbocycles. The number of nitrogens with zero attached hydrogens (tertiary/aromatic N) is 1. The molecule has 1 unspecified atom stereocenters. The molecule has 0 saturated heterocycles. The van der Waals surface area contributed by atoms with Gasteiger partial charge in [0.2, 0.25) is 0 Å². The van der Waals surface area contributed by atoms with Gasteiger partial charge in [0.25, 0.3) is 0 Å². The summed E-state index contributed by atoms with van der Waals surface area (Å²) in [5, 5.41) is 11.2. The maximum absolute atomic E-state index is 11.2. The Bertz CT molecular complexity index is 598. The number of thioether (sulfide) groups is 1. The molecule has 1 saturated carbocycles. The molecule has 0 bridgehead atoms. The van der Waals surface area contributed by atoms with Gasteiger partial charge in [0.1, 0.15) is 5.60 Å². The molecule has 1 aliphatic rings. The second-order valence-electron chi connectivity index (χ2n) is 5.53. The van der Waals surface area contributed by atoms with Crippen molar-refractivity contribution in [2.24, 2.45) is 5.41 Å². The van der Waals surface area contributed by atoms with Crippen LogP contribution >= 0.6 is 39.0 Å². The maximum atomic E-state index is 11.2. The van der Waals surface area contributed by atoms with Gasteiger partial charge < -0.3 is 5.11 Å². The average Bonchev–Trinajstić information content (AvgIpc) is 2.97. The highest BCUT2D eigenvalue weighted by Crippen LogP contribution is 2.59. The highest BCUT2D eigenvalue weighted by molar-refractivity contribution is 9.10. The van der Waals surface area contributed by atoms with E-state index < -0.39 is 5.60 Å². The first kappa shape index (κ1) is 14.6. The van der Waals surface area contributed by atoms with E-state index in [2.05, 4.69) is 40.0 Å². The van der Waals surface area contributed by atoms with Crippen molar-refractivity contribution in [3.63, 3.8) is 0 Å². The molecule has 0 radical (unpaired) electrons. The summed E-state index contributed by atoms with van der Waals surface area (Å²) in [6, 6.07) is 8.21. The molecular formula is C15H16BrNOS2. The molecule has 1 fully saturated rings. The fraction of sp³-hybridized carbons (Fsp3) is 0.400. The van der Waals surface area contributed by atoms with Crippen LogP contribution in [0, 0.1) is 5.41 Å². The Balaban J connectivity index is 1.82. The van der Waals surface area contributed by atoms with Gasteiger partial charge in [0, 0.05) is 26.7 Å². The number of rotatable bonds is 5. The minimum atomic E-state index is -0.777. The van der Waals surface area contributed by atoms with Crippen molar-refractivity contribution >= 4 is 39.0 Å². The maximum Gasteiger partial charge on any atom is 0.115 e. The summed E-state index contributed by atoms with van der Waals surface area (Å²) in [5.41, 5.74) is 1.02. The second-order valence-corrected chi connectivity index (χ2v) is 8.38. The SMILES string of the molecule is CC1(C(O)(CSc2cccc(Br)c2)c2cncs2)CC1. The Morgan fingerprint density at radius 2 is 2.30 bits per heavy atom. The smallest absolute Gasteiger partial charge is 0.115 e. The highest BCUT2D eigenvalue weighted by Gasteiger charge is 2.56. The van der Waals surface area contributed by atoms with Crippen LogP contribution in [-0.2, 0) is 5.60 Å². The van der Waals surface area contributed by atoms with Gasteiger partial charge in [-0.1, -0.05) is 28.9 Å². The van der Waals surface area contributed by atoms with Gasteiger partial charge in [-0.25, -0.2) is 0 Å². The average molecular weight is 370 g/mol. The van der Waals surface area contributed by atoms with E-state index in [1.165, 1.54) is 4.90 Å². The molecular weight excluding hydrogens is 354 g/mol. The van der Waals surface area contributed by atoms with E-state index in [1.807, 2.05) is 18.3 Å². The summed E-state index contributed by atoms with van der Waals surface area (Å²) < 4.78 is 1.07. The molecule has 1 aromatic heterocycles. The Hall–Kier alpha value is -0.360. The minimum Gasteiger partial charge on any atom is -0.383 e. The van der Waals surface area contributed by atoms with Crippen LogP contribution in [0.2, 0.25) is 0 Å². The lowest BCUT2D eigenvalue weighted by Gasteiger charge is -2.33. The first-order valence-corrected chi connectivity index (χ1v) is 9.19. The van der Waals surface area contributed by atoms with Gasteiger partial charge in [-0.05, 0) is 31.0 Å². The molecule has 5 heteroatoms. The van der Waals surface area contributed by atoms with E-state index in [9.17, 15) is 5.11 Å². The van der Waals surface area contributed by atoms with Crippen LogP contribution in [0.5, 0.6) is 0 Å².